The van der Waals surface area contributed by atoms with E-state index in [1.165, 1.54) is 10.4 Å². The van der Waals surface area contributed by atoms with Crippen LogP contribution in [-0.4, -0.2) is 9.22 Å². The largest absolute Gasteiger partial charge is 0.348 e. The molecule has 1 aromatic heterocycles. The van der Waals surface area contributed by atoms with Crippen LogP contribution in [0.5, 0.6) is 0 Å². The summed E-state index contributed by atoms with van der Waals surface area (Å²) in [5.41, 5.74) is 1.25. The van der Waals surface area contributed by atoms with Crippen LogP contribution in [0.25, 0.3) is 0 Å². The molecule has 0 N–H and O–H groups in total. The fraction of sp³-hybridized carbons (Fsp3) is 0.154. The summed E-state index contributed by atoms with van der Waals surface area (Å²) in [4.78, 5) is 3.40. The van der Waals surface area contributed by atoms with Crippen molar-refractivity contribution >= 4 is 40.5 Å². The number of nitrogens with zero attached hydrogens (tertiary/aromatic N) is 1. The van der Waals surface area contributed by atoms with Gasteiger partial charge in [-0.2, -0.15) is 0 Å². The summed E-state index contributed by atoms with van der Waals surface area (Å²) in [6, 6.07) is 14.5. The van der Waals surface area contributed by atoms with E-state index in [1.54, 1.807) is 11.3 Å². The van der Waals surface area contributed by atoms with Crippen molar-refractivity contribution in [1.29, 1.82) is 0 Å². The zero-order chi connectivity index (χ0) is 12.1. The number of hydrogen-bond acceptors (Lipinski definition) is 2. The molecule has 0 aliphatic carbocycles. The van der Waals surface area contributed by atoms with Gasteiger partial charge in [0.05, 0.1) is 6.54 Å². The van der Waals surface area contributed by atoms with Gasteiger partial charge in [0.1, 0.15) is 4.32 Å². The fourth-order valence-electron chi connectivity index (χ4n) is 1.59. The highest BCUT2D eigenvalue weighted by Crippen LogP contribution is 2.16. The maximum Gasteiger partial charge on any atom is 0.133 e. The summed E-state index contributed by atoms with van der Waals surface area (Å²) in [5.74, 6) is 0. The Bertz CT molecular complexity index is 465. The molecule has 1 heterocycles. The minimum Gasteiger partial charge on any atom is -0.348 e. The van der Waals surface area contributed by atoms with Gasteiger partial charge in [0.25, 0.3) is 0 Å². The maximum atomic E-state index is 5.18. The molecule has 0 spiro atoms. The van der Waals surface area contributed by atoms with Crippen molar-refractivity contribution in [2.24, 2.45) is 0 Å². The van der Waals surface area contributed by atoms with E-state index >= 15 is 0 Å². The monoisotopic (exact) mass is 279 g/mol. The van der Waals surface area contributed by atoms with Crippen LogP contribution in [0.15, 0.2) is 47.8 Å². The second-order valence-corrected chi connectivity index (χ2v) is 5.85. The van der Waals surface area contributed by atoms with Crippen molar-refractivity contribution in [3.05, 3.63) is 58.3 Å². The molecule has 0 radical (unpaired) electrons. The molecule has 0 aliphatic rings. The number of hydrogen-bond donors (Lipinski definition) is 1. The summed E-state index contributed by atoms with van der Waals surface area (Å²) in [7, 11) is 0. The third kappa shape index (κ3) is 3.84. The van der Waals surface area contributed by atoms with Crippen LogP contribution >= 0.6 is 36.2 Å². The van der Waals surface area contributed by atoms with Gasteiger partial charge < -0.3 is 4.90 Å². The van der Waals surface area contributed by atoms with Crippen molar-refractivity contribution in [1.82, 2.24) is 4.90 Å². The lowest BCUT2D eigenvalue weighted by molar-refractivity contribution is 0.425. The van der Waals surface area contributed by atoms with Crippen molar-refractivity contribution in [2.45, 2.75) is 13.1 Å². The van der Waals surface area contributed by atoms with Gasteiger partial charge in [0.15, 0.2) is 0 Å². The van der Waals surface area contributed by atoms with Gasteiger partial charge in [-0.25, -0.2) is 0 Å². The summed E-state index contributed by atoms with van der Waals surface area (Å²) >= 11 is 11.2. The SMILES string of the molecule is S=C(S)N(Cc1ccccc1)Cc1cccs1. The first-order valence-corrected chi connectivity index (χ1v) is 7.03. The molecule has 88 valence electrons. The Balaban J connectivity index is 2.06. The number of thiophene rings is 1. The lowest BCUT2D eigenvalue weighted by Crippen LogP contribution is -2.24. The average Bonchev–Trinajstić information content (AvgIpc) is 2.82. The highest BCUT2D eigenvalue weighted by atomic mass is 32.1. The zero-order valence-electron chi connectivity index (χ0n) is 9.24. The Morgan fingerprint density at radius 1 is 1.12 bits per heavy atom. The summed E-state index contributed by atoms with van der Waals surface area (Å²) in [6.07, 6.45) is 0. The van der Waals surface area contributed by atoms with E-state index in [4.69, 9.17) is 12.2 Å². The molecule has 17 heavy (non-hydrogen) atoms. The average molecular weight is 279 g/mol. The van der Waals surface area contributed by atoms with Crippen LogP contribution in [0.4, 0.5) is 0 Å². The maximum absolute atomic E-state index is 5.18. The molecule has 0 saturated carbocycles. The van der Waals surface area contributed by atoms with E-state index in [1.807, 2.05) is 18.2 Å². The van der Waals surface area contributed by atoms with Gasteiger partial charge in [0.2, 0.25) is 0 Å². The Kier molecular flexibility index (Phi) is 4.59. The Labute approximate surface area is 116 Å². The molecule has 0 aliphatic heterocycles. The standard InChI is InChI=1S/C13H13NS3/c15-13(16)14(10-12-7-4-8-17-12)9-11-5-2-1-3-6-11/h1-8H,9-10H2,(H,15,16). The lowest BCUT2D eigenvalue weighted by atomic mass is 10.2. The van der Waals surface area contributed by atoms with Gasteiger partial charge in [-0.1, -0.05) is 48.6 Å². The molecule has 4 heteroatoms. The van der Waals surface area contributed by atoms with E-state index in [9.17, 15) is 0 Å². The Morgan fingerprint density at radius 3 is 2.47 bits per heavy atom. The molecule has 1 aromatic carbocycles. The lowest BCUT2D eigenvalue weighted by Gasteiger charge is -2.22. The van der Waals surface area contributed by atoms with Crippen LogP contribution in [0, 0.1) is 0 Å². The molecular formula is C13H13NS3. The molecule has 0 atom stereocenters. The number of thiol groups is 1. The third-order valence-corrected chi connectivity index (χ3v) is 3.82. The first kappa shape index (κ1) is 12.6. The van der Waals surface area contributed by atoms with E-state index in [2.05, 4.69) is 47.2 Å². The van der Waals surface area contributed by atoms with E-state index in [0.717, 1.165) is 13.1 Å². The first-order valence-electron chi connectivity index (χ1n) is 5.30. The second-order valence-electron chi connectivity index (χ2n) is 3.70. The molecule has 2 rings (SSSR count). The number of benzene rings is 1. The highest BCUT2D eigenvalue weighted by Gasteiger charge is 2.08. The summed E-state index contributed by atoms with van der Waals surface area (Å²) in [5, 5.41) is 2.08. The van der Waals surface area contributed by atoms with Crippen LogP contribution in [0.1, 0.15) is 10.4 Å². The molecule has 0 bridgehead atoms. The Morgan fingerprint density at radius 2 is 1.88 bits per heavy atom. The van der Waals surface area contributed by atoms with Crippen molar-refractivity contribution in [3.8, 4) is 0 Å². The molecule has 1 nitrogen and oxygen atoms in total. The van der Waals surface area contributed by atoms with E-state index in [-0.39, 0.29) is 0 Å². The predicted molar refractivity (Wildman–Crippen MR) is 81.6 cm³/mol. The second kappa shape index (κ2) is 6.19. The number of thiocarbonyl (C=S) groups is 1. The predicted octanol–water partition coefficient (Wildman–Crippen LogP) is 3.97. The minimum atomic E-state index is 0.641. The van der Waals surface area contributed by atoms with Gasteiger partial charge in [-0.05, 0) is 17.0 Å². The summed E-state index contributed by atoms with van der Waals surface area (Å²) < 4.78 is 0.641. The van der Waals surface area contributed by atoms with Gasteiger partial charge >= 0.3 is 0 Å². The fourth-order valence-corrected chi connectivity index (χ4v) is 2.58. The molecule has 0 unspecified atom stereocenters. The van der Waals surface area contributed by atoms with Gasteiger partial charge in [-0.15, -0.1) is 24.0 Å². The Hall–Kier alpha value is -0.840. The smallest absolute Gasteiger partial charge is 0.133 e. The molecule has 0 fully saturated rings. The quantitative estimate of drug-likeness (QED) is 0.666. The molecular weight excluding hydrogens is 266 g/mol. The normalized spacial score (nSPS) is 10.2. The van der Waals surface area contributed by atoms with Crippen molar-refractivity contribution < 1.29 is 0 Å². The van der Waals surface area contributed by atoms with Crippen LogP contribution in [0.3, 0.4) is 0 Å². The zero-order valence-corrected chi connectivity index (χ0v) is 11.8. The molecule has 0 saturated heterocycles. The van der Waals surface area contributed by atoms with Gasteiger partial charge in [-0.3, -0.25) is 0 Å². The summed E-state index contributed by atoms with van der Waals surface area (Å²) in [6.45, 7) is 1.63. The van der Waals surface area contributed by atoms with Crippen LogP contribution in [-0.2, 0) is 13.1 Å². The number of rotatable bonds is 4. The minimum absolute atomic E-state index is 0.641. The highest BCUT2D eigenvalue weighted by molar-refractivity contribution is 8.10. The van der Waals surface area contributed by atoms with Gasteiger partial charge in [0, 0.05) is 11.4 Å². The van der Waals surface area contributed by atoms with E-state index < -0.39 is 0 Å². The van der Waals surface area contributed by atoms with Crippen LogP contribution < -0.4 is 0 Å². The molecule has 2 aromatic rings. The first-order chi connectivity index (χ1) is 8.25. The topological polar surface area (TPSA) is 3.24 Å². The van der Waals surface area contributed by atoms with E-state index in [0.29, 0.717) is 4.32 Å². The van der Waals surface area contributed by atoms with Crippen molar-refractivity contribution in [2.75, 3.05) is 0 Å². The third-order valence-electron chi connectivity index (χ3n) is 2.41. The van der Waals surface area contributed by atoms with Crippen LogP contribution in [0.2, 0.25) is 0 Å². The van der Waals surface area contributed by atoms with Crippen molar-refractivity contribution in [3.63, 3.8) is 0 Å². The molecule has 0 amide bonds.